The fraction of sp³-hybridized carbons (Fsp3) is 0.231. The Labute approximate surface area is 129 Å². The molecule has 106 valence electrons. The molecule has 2 N–H and O–H groups in total. The molecule has 20 heavy (non-hydrogen) atoms. The monoisotopic (exact) mass is 331 g/mol. The molecule has 2 aromatic rings. The van der Waals surface area contributed by atoms with Gasteiger partial charge in [0.05, 0.1) is 5.02 Å². The number of benzene rings is 1. The SMILES string of the molecule is CCC(NC(=O)c1sc2cc(Cl)ccc2c1Cl)C(=O)O. The van der Waals surface area contributed by atoms with Crippen LogP contribution in [0.15, 0.2) is 18.2 Å². The van der Waals surface area contributed by atoms with Crippen molar-refractivity contribution in [3.8, 4) is 0 Å². The van der Waals surface area contributed by atoms with Crippen LogP contribution in [0.2, 0.25) is 10.0 Å². The zero-order valence-electron chi connectivity index (χ0n) is 10.4. The largest absolute Gasteiger partial charge is 0.480 e. The molecule has 1 aromatic heterocycles. The normalized spacial score (nSPS) is 12.3. The van der Waals surface area contributed by atoms with E-state index in [0.29, 0.717) is 21.3 Å². The maximum Gasteiger partial charge on any atom is 0.326 e. The Kier molecular flexibility index (Phi) is 4.52. The van der Waals surface area contributed by atoms with Gasteiger partial charge in [-0.05, 0) is 18.6 Å². The summed E-state index contributed by atoms with van der Waals surface area (Å²) in [6, 6.07) is 4.23. The minimum absolute atomic E-state index is 0.295. The van der Waals surface area contributed by atoms with E-state index in [4.69, 9.17) is 28.3 Å². The number of fused-ring (bicyclic) bond motifs is 1. The average molecular weight is 332 g/mol. The van der Waals surface area contributed by atoms with Gasteiger partial charge in [-0.1, -0.05) is 36.2 Å². The van der Waals surface area contributed by atoms with Crippen LogP contribution in [0.25, 0.3) is 10.1 Å². The van der Waals surface area contributed by atoms with Crippen molar-refractivity contribution in [2.24, 2.45) is 0 Å². The third-order valence-electron chi connectivity index (χ3n) is 2.81. The van der Waals surface area contributed by atoms with Crippen LogP contribution in [0.1, 0.15) is 23.0 Å². The molecule has 0 aliphatic carbocycles. The highest BCUT2D eigenvalue weighted by atomic mass is 35.5. The van der Waals surface area contributed by atoms with Gasteiger partial charge in [-0.2, -0.15) is 0 Å². The van der Waals surface area contributed by atoms with E-state index in [0.717, 1.165) is 10.1 Å². The molecule has 1 aromatic carbocycles. The van der Waals surface area contributed by atoms with Crippen molar-refractivity contribution in [1.82, 2.24) is 5.32 Å². The number of halogens is 2. The molecule has 4 nitrogen and oxygen atoms in total. The molecule has 0 spiro atoms. The van der Waals surface area contributed by atoms with E-state index in [2.05, 4.69) is 5.32 Å². The van der Waals surface area contributed by atoms with Crippen LogP contribution in [-0.2, 0) is 4.79 Å². The Balaban J connectivity index is 2.35. The molecule has 0 bridgehead atoms. The van der Waals surface area contributed by atoms with Crippen molar-refractivity contribution < 1.29 is 14.7 Å². The highest BCUT2D eigenvalue weighted by molar-refractivity contribution is 7.21. The summed E-state index contributed by atoms with van der Waals surface area (Å²) < 4.78 is 0.788. The summed E-state index contributed by atoms with van der Waals surface area (Å²) in [5, 5.41) is 13.0. The van der Waals surface area contributed by atoms with Gasteiger partial charge in [-0.15, -0.1) is 11.3 Å². The number of aliphatic carboxylic acids is 1. The van der Waals surface area contributed by atoms with E-state index < -0.39 is 17.9 Å². The maximum atomic E-state index is 12.1. The molecule has 0 radical (unpaired) electrons. The van der Waals surface area contributed by atoms with Gasteiger partial charge >= 0.3 is 5.97 Å². The fourth-order valence-corrected chi connectivity index (χ4v) is 3.44. The molecule has 1 unspecified atom stereocenters. The molecule has 1 atom stereocenters. The van der Waals surface area contributed by atoms with E-state index >= 15 is 0 Å². The quantitative estimate of drug-likeness (QED) is 0.895. The van der Waals surface area contributed by atoms with E-state index in [1.807, 2.05) is 0 Å². The Bertz CT molecular complexity index is 684. The second kappa shape index (κ2) is 5.99. The number of amides is 1. The molecule has 1 heterocycles. The van der Waals surface area contributed by atoms with E-state index in [-0.39, 0.29) is 0 Å². The van der Waals surface area contributed by atoms with Gasteiger partial charge in [0, 0.05) is 15.1 Å². The summed E-state index contributed by atoms with van der Waals surface area (Å²) in [6.45, 7) is 1.69. The number of carbonyl (C=O) groups excluding carboxylic acids is 1. The number of hydrogen-bond donors (Lipinski definition) is 2. The minimum atomic E-state index is -1.07. The molecule has 7 heteroatoms. The lowest BCUT2D eigenvalue weighted by Crippen LogP contribution is -2.40. The van der Waals surface area contributed by atoms with Crippen LogP contribution in [0.3, 0.4) is 0 Å². The first-order valence-electron chi connectivity index (χ1n) is 5.85. The van der Waals surface area contributed by atoms with Crippen molar-refractivity contribution in [2.45, 2.75) is 19.4 Å². The van der Waals surface area contributed by atoms with Crippen LogP contribution >= 0.6 is 34.5 Å². The predicted octanol–water partition coefficient (Wildman–Crippen LogP) is 3.80. The first kappa shape index (κ1) is 15.1. The smallest absolute Gasteiger partial charge is 0.326 e. The predicted molar refractivity (Wildman–Crippen MR) is 81.0 cm³/mol. The molecule has 0 aliphatic rings. The van der Waals surface area contributed by atoms with Crippen LogP contribution < -0.4 is 5.32 Å². The maximum absolute atomic E-state index is 12.1. The number of rotatable bonds is 4. The zero-order valence-corrected chi connectivity index (χ0v) is 12.8. The third-order valence-corrected chi connectivity index (χ3v) is 4.70. The number of hydrogen-bond acceptors (Lipinski definition) is 3. The molecule has 2 rings (SSSR count). The molecular weight excluding hydrogens is 321 g/mol. The van der Waals surface area contributed by atoms with Gasteiger partial charge < -0.3 is 10.4 Å². The molecule has 0 saturated carbocycles. The molecule has 1 amide bonds. The zero-order chi connectivity index (χ0) is 14.9. The van der Waals surface area contributed by atoms with Crippen molar-refractivity contribution in [3.63, 3.8) is 0 Å². The van der Waals surface area contributed by atoms with E-state index in [1.165, 1.54) is 11.3 Å². The number of nitrogens with one attached hydrogen (secondary N) is 1. The summed E-state index contributed by atoms with van der Waals surface area (Å²) in [5.74, 6) is -1.55. The van der Waals surface area contributed by atoms with Gasteiger partial charge in [0.25, 0.3) is 5.91 Å². The second-order valence-corrected chi connectivity index (χ2v) is 6.02. The molecule has 0 saturated heterocycles. The van der Waals surface area contributed by atoms with Gasteiger partial charge in [0.2, 0.25) is 0 Å². The van der Waals surface area contributed by atoms with Crippen LogP contribution in [0.4, 0.5) is 0 Å². The Hall–Kier alpha value is -1.30. The lowest BCUT2D eigenvalue weighted by atomic mass is 10.2. The molecular formula is C13H11Cl2NO3S. The lowest BCUT2D eigenvalue weighted by Gasteiger charge is -2.11. The van der Waals surface area contributed by atoms with Crippen molar-refractivity contribution in [3.05, 3.63) is 33.1 Å². The minimum Gasteiger partial charge on any atom is -0.480 e. The van der Waals surface area contributed by atoms with E-state index in [9.17, 15) is 9.59 Å². The van der Waals surface area contributed by atoms with Crippen molar-refractivity contribution in [1.29, 1.82) is 0 Å². The van der Waals surface area contributed by atoms with Gasteiger partial charge in [-0.25, -0.2) is 4.79 Å². The second-order valence-electron chi connectivity index (χ2n) is 4.16. The first-order chi connectivity index (χ1) is 9.43. The first-order valence-corrected chi connectivity index (χ1v) is 7.42. The van der Waals surface area contributed by atoms with Gasteiger partial charge in [-0.3, -0.25) is 4.79 Å². The number of carboxylic acids is 1. The highest BCUT2D eigenvalue weighted by Crippen LogP contribution is 2.36. The molecule has 0 aliphatic heterocycles. The Morgan fingerprint density at radius 2 is 2.10 bits per heavy atom. The summed E-state index contributed by atoms with van der Waals surface area (Å²) >= 11 is 13.3. The summed E-state index contributed by atoms with van der Waals surface area (Å²) in [4.78, 5) is 23.3. The topological polar surface area (TPSA) is 66.4 Å². The fourth-order valence-electron chi connectivity index (χ4n) is 1.75. The van der Waals surface area contributed by atoms with Crippen molar-refractivity contribution in [2.75, 3.05) is 0 Å². The Morgan fingerprint density at radius 1 is 1.40 bits per heavy atom. The summed E-state index contributed by atoms with van der Waals surface area (Å²) in [5.41, 5.74) is 0. The summed E-state index contributed by atoms with van der Waals surface area (Å²) in [6.07, 6.45) is 0.301. The third kappa shape index (κ3) is 2.90. The standard InChI is InChI=1S/C13H11Cl2NO3S/c1-2-8(13(18)19)16-12(17)11-10(15)7-4-3-6(14)5-9(7)20-11/h3-5,8H,2H2,1H3,(H,16,17)(H,18,19). The van der Waals surface area contributed by atoms with Crippen LogP contribution in [0.5, 0.6) is 0 Å². The van der Waals surface area contributed by atoms with E-state index in [1.54, 1.807) is 25.1 Å². The van der Waals surface area contributed by atoms with Gasteiger partial charge in [0.1, 0.15) is 10.9 Å². The highest BCUT2D eigenvalue weighted by Gasteiger charge is 2.22. The van der Waals surface area contributed by atoms with Crippen LogP contribution in [-0.4, -0.2) is 23.0 Å². The molecule has 0 fully saturated rings. The average Bonchev–Trinajstić information content (AvgIpc) is 2.72. The van der Waals surface area contributed by atoms with Crippen LogP contribution in [0, 0.1) is 0 Å². The van der Waals surface area contributed by atoms with Crippen molar-refractivity contribution >= 4 is 56.5 Å². The summed E-state index contributed by atoms with van der Waals surface area (Å²) in [7, 11) is 0. The lowest BCUT2D eigenvalue weighted by molar-refractivity contribution is -0.139. The van der Waals surface area contributed by atoms with Gasteiger partial charge in [0.15, 0.2) is 0 Å². The number of carbonyl (C=O) groups is 2. The Morgan fingerprint density at radius 3 is 2.70 bits per heavy atom. The number of thiophene rings is 1. The number of carboxylic acid groups (broad SMARTS) is 1.